The summed E-state index contributed by atoms with van der Waals surface area (Å²) < 4.78 is 0. The number of nitrogens with two attached hydrogens (primary N) is 1. The minimum Gasteiger partial charge on any atom is -0.370 e. The normalized spacial score (nSPS) is 16.7. The molecule has 1 aliphatic carbocycles. The molecule has 0 radical (unpaired) electrons. The van der Waals surface area contributed by atoms with Gasteiger partial charge in [0.05, 0.1) is 0 Å². The van der Waals surface area contributed by atoms with E-state index in [9.17, 15) is 9.59 Å². The first-order valence-corrected chi connectivity index (χ1v) is 5.26. The maximum absolute atomic E-state index is 11.5. The van der Waals surface area contributed by atoms with Crippen LogP contribution in [0.2, 0.25) is 0 Å². The molecule has 0 aliphatic heterocycles. The number of hydrogen-bond donors (Lipinski definition) is 3. The largest absolute Gasteiger partial charge is 0.370 e. The minimum atomic E-state index is -0.584. The van der Waals surface area contributed by atoms with Crippen LogP contribution >= 0.6 is 0 Å². The molecule has 0 heterocycles. The molecule has 1 saturated carbocycles. The number of urea groups is 1. The van der Waals surface area contributed by atoms with Crippen molar-refractivity contribution in [1.29, 1.82) is 0 Å². The van der Waals surface area contributed by atoms with E-state index in [1.807, 2.05) is 0 Å². The predicted octanol–water partition coefficient (Wildman–Crippen LogP) is 0.492. The van der Waals surface area contributed by atoms with Gasteiger partial charge in [-0.05, 0) is 33.1 Å². The maximum Gasteiger partial charge on any atom is 0.315 e. The Bertz CT molecular complexity index is 259. The van der Waals surface area contributed by atoms with Crippen molar-refractivity contribution in [2.24, 2.45) is 5.73 Å². The van der Waals surface area contributed by atoms with E-state index >= 15 is 0 Å². The number of rotatable bonds is 4. The van der Waals surface area contributed by atoms with Gasteiger partial charge >= 0.3 is 6.03 Å². The monoisotopic (exact) mass is 213 g/mol. The lowest BCUT2D eigenvalue weighted by atomic mass is 9.93. The molecule has 4 N–H and O–H groups in total. The molecule has 0 bridgehead atoms. The highest BCUT2D eigenvalue weighted by molar-refractivity contribution is 5.78. The molecule has 1 rings (SSSR count). The molecule has 0 atom stereocenters. The second kappa shape index (κ2) is 4.51. The Morgan fingerprint density at radius 3 is 2.40 bits per heavy atom. The van der Waals surface area contributed by atoms with Gasteiger partial charge in [0.25, 0.3) is 0 Å². The average molecular weight is 213 g/mol. The Morgan fingerprint density at radius 1 is 1.40 bits per heavy atom. The molecule has 0 unspecified atom stereocenters. The number of nitrogens with one attached hydrogen (secondary N) is 2. The van der Waals surface area contributed by atoms with Crippen molar-refractivity contribution >= 4 is 11.9 Å². The predicted molar refractivity (Wildman–Crippen MR) is 57.2 cm³/mol. The summed E-state index contributed by atoms with van der Waals surface area (Å²) in [6, 6.07) is 0.0836. The molecule has 1 aliphatic rings. The van der Waals surface area contributed by atoms with Gasteiger partial charge in [0.1, 0.15) is 0 Å². The van der Waals surface area contributed by atoms with Crippen LogP contribution in [0, 0.1) is 0 Å². The van der Waals surface area contributed by atoms with Crippen LogP contribution in [-0.2, 0) is 4.79 Å². The maximum atomic E-state index is 11.5. The summed E-state index contributed by atoms with van der Waals surface area (Å²) in [6.07, 6.45) is 3.41. The summed E-state index contributed by atoms with van der Waals surface area (Å²) in [5.74, 6) is -0.413. The first-order valence-electron chi connectivity index (χ1n) is 5.26. The topological polar surface area (TPSA) is 84.2 Å². The van der Waals surface area contributed by atoms with Crippen LogP contribution in [0.5, 0.6) is 0 Å². The van der Waals surface area contributed by atoms with E-state index in [0.29, 0.717) is 6.04 Å². The molecule has 86 valence electrons. The zero-order valence-electron chi connectivity index (χ0n) is 9.30. The molecule has 0 aromatic heterocycles. The molecule has 0 spiro atoms. The summed E-state index contributed by atoms with van der Waals surface area (Å²) in [5.41, 5.74) is 4.50. The number of carbonyl (C=O) groups is 2. The van der Waals surface area contributed by atoms with Gasteiger partial charge in [0, 0.05) is 18.0 Å². The number of hydrogen-bond acceptors (Lipinski definition) is 2. The van der Waals surface area contributed by atoms with Crippen LogP contribution in [0.15, 0.2) is 0 Å². The van der Waals surface area contributed by atoms with Crippen LogP contribution < -0.4 is 16.4 Å². The van der Waals surface area contributed by atoms with Crippen molar-refractivity contribution in [2.75, 3.05) is 0 Å². The molecule has 1 fully saturated rings. The highest BCUT2D eigenvalue weighted by Gasteiger charge is 2.25. The first-order chi connectivity index (χ1) is 6.89. The third-order valence-electron chi connectivity index (χ3n) is 2.51. The molecule has 15 heavy (non-hydrogen) atoms. The summed E-state index contributed by atoms with van der Waals surface area (Å²) in [7, 11) is 0. The Hall–Kier alpha value is -1.26. The Kier molecular flexibility index (Phi) is 3.55. The second-order valence-corrected chi connectivity index (χ2v) is 4.75. The molecule has 0 aromatic rings. The van der Waals surface area contributed by atoms with E-state index in [-0.39, 0.29) is 12.5 Å². The van der Waals surface area contributed by atoms with Crippen molar-refractivity contribution < 1.29 is 9.59 Å². The Balaban J connectivity index is 2.31. The lowest BCUT2D eigenvalue weighted by Gasteiger charge is -2.30. The Morgan fingerprint density at radius 2 is 2.00 bits per heavy atom. The van der Waals surface area contributed by atoms with Gasteiger partial charge in [-0.1, -0.05) is 0 Å². The van der Waals surface area contributed by atoms with Crippen molar-refractivity contribution in [3.05, 3.63) is 0 Å². The third kappa shape index (κ3) is 4.18. The zero-order valence-corrected chi connectivity index (χ0v) is 9.30. The van der Waals surface area contributed by atoms with Gasteiger partial charge in [-0.15, -0.1) is 0 Å². The van der Waals surface area contributed by atoms with Crippen LogP contribution in [0.3, 0.4) is 0 Å². The third-order valence-corrected chi connectivity index (χ3v) is 2.51. The fraction of sp³-hybridized carbons (Fsp3) is 0.800. The number of carbonyl (C=O) groups excluding carboxylic acids is 2. The fourth-order valence-corrected chi connectivity index (χ4v) is 1.56. The summed E-state index contributed by atoms with van der Waals surface area (Å²) in [6.45, 7) is 3.55. The van der Waals surface area contributed by atoms with Crippen LogP contribution in [0.25, 0.3) is 0 Å². The van der Waals surface area contributed by atoms with Gasteiger partial charge in [-0.2, -0.15) is 0 Å². The standard InChI is InChI=1S/C10H19N3O2/c1-10(2,6-8(11)14)13-9(15)12-7-4-3-5-7/h7H,3-6H2,1-2H3,(H2,11,14)(H2,12,13,15). The summed E-state index contributed by atoms with van der Waals surface area (Å²) >= 11 is 0. The van der Waals surface area contributed by atoms with Gasteiger partial charge in [0.15, 0.2) is 0 Å². The van der Waals surface area contributed by atoms with Crippen LogP contribution in [-0.4, -0.2) is 23.5 Å². The van der Waals surface area contributed by atoms with Crippen LogP contribution in [0.4, 0.5) is 4.79 Å². The molecule has 0 saturated heterocycles. The zero-order chi connectivity index (χ0) is 11.5. The van der Waals surface area contributed by atoms with Crippen molar-refractivity contribution in [3.63, 3.8) is 0 Å². The van der Waals surface area contributed by atoms with E-state index < -0.39 is 11.4 Å². The minimum absolute atomic E-state index is 0.144. The van der Waals surface area contributed by atoms with Gasteiger partial charge in [0.2, 0.25) is 5.91 Å². The molecular formula is C10H19N3O2. The van der Waals surface area contributed by atoms with E-state index in [4.69, 9.17) is 5.73 Å². The summed E-state index contributed by atoms with van der Waals surface area (Å²) in [4.78, 5) is 22.2. The Labute approximate surface area is 89.8 Å². The van der Waals surface area contributed by atoms with E-state index in [1.165, 1.54) is 6.42 Å². The average Bonchev–Trinajstić information content (AvgIpc) is 1.92. The lowest BCUT2D eigenvalue weighted by molar-refractivity contribution is -0.119. The lowest BCUT2D eigenvalue weighted by Crippen LogP contribution is -2.53. The SMILES string of the molecule is CC(C)(CC(N)=O)NC(=O)NC1CCC1. The van der Waals surface area contributed by atoms with E-state index in [1.54, 1.807) is 13.8 Å². The van der Waals surface area contributed by atoms with E-state index in [0.717, 1.165) is 12.8 Å². The van der Waals surface area contributed by atoms with Crippen molar-refractivity contribution in [2.45, 2.75) is 51.1 Å². The smallest absolute Gasteiger partial charge is 0.315 e. The van der Waals surface area contributed by atoms with E-state index in [2.05, 4.69) is 10.6 Å². The quantitative estimate of drug-likeness (QED) is 0.635. The van der Waals surface area contributed by atoms with Gasteiger partial charge in [-0.3, -0.25) is 4.79 Å². The molecular weight excluding hydrogens is 194 g/mol. The van der Waals surface area contributed by atoms with Gasteiger partial charge < -0.3 is 16.4 Å². The summed E-state index contributed by atoms with van der Waals surface area (Å²) in [5, 5.41) is 5.58. The van der Waals surface area contributed by atoms with Crippen LogP contribution in [0.1, 0.15) is 39.5 Å². The van der Waals surface area contributed by atoms with Gasteiger partial charge in [-0.25, -0.2) is 4.79 Å². The highest BCUT2D eigenvalue weighted by atomic mass is 16.2. The second-order valence-electron chi connectivity index (χ2n) is 4.75. The molecule has 0 aromatic carbocycles. The number of primary amides is 1. The first kappa shape index (κ1) is 11.8. The highest BCUT2D eigenvalue weighted by Crippen LogP contribution is 2.18. The van der Waals surface area contributed by atoms with Crippen molar-refractivity contribution in [3.8, 4) is 0 Å². The number of amides is 3. The van der Waals surface area contributed by atoms with Crippen molar-refractivity contribution in [1.82, 2.24) is 10.6 Å². The molecule has 5 heteroatoms. The molecule has 3 amide bonds. The fourth-order valence-electron chi connectivity index (χ4n) is 1.56. The molecule has 5 nitrogen and oxygen atoms in total.